The average Bonchev–Trinajstić information content (AvgIpc) is 3.42. The number of esters is 1. The van der Waals surface area contributed by atoms with Gasteiger partial charge in [-0.25, -0.2) is 14.0 Å². The topological polar surface area (TPSA) is 87.9 Å². The number of H-pyrrole nitrogens is 1. The van der Waals surface area contributed by atoms with Crippen LogP contribution in [0.3, 0.4) is 0 Å². The Labute approximate surface area is 188 Å². The van der Waals surface area contributed by atoms with Crippen LogP contribution < -0.4 is 10.8 Å². The van der Waals surface area contributed by atoms with E-state index in [9.17, 15) is 14.0 Å². The maximum Gasteiger partial charge on any atom is 0.417 e. The lowest BCUT2D eigenvalue weighted by Crippen LogP contribution is -2.18. The fraction of sp³-hybridized carbons (Fsp3) is 0.160. The normalized spacial score (nSPS) is 15.6. The summed E-state index contributed by atoms with van der Waals surface area (Å²) in [6.45, 7) is 2.06. The highest BCUT2D eigenvalue weighted by molar-refractivity contribution is 6.05. The zero-order valence-electron chi connectivity index (χ0n) is 17.7. The molecule has 0 saturated carbocycles. The van der Waals surface area contributed by atoms with Crippen molar-refractivity contribution >= 4 is 28.5 Å². The molecule has 1 aliphatic rings. The molecule has 0 bridgehead atoms. The summed E-state index contributed by atoms with van der Waals surface area (Å²) in [6, 6.07) is 18.6. The molecule has 0 radical (unpaired) electrons. The average molecular weight is 445 g/mol. The Kier molecular flexibility index (Phi) is 5.26. The number of nitrogens with zero attached hydrogens (tertiary/aromatic N) is 2. The maximum atomic E-state index is 13.5. The van der Waals surface area contributed by atoms with E-state index in [1.54, 1.807) is 43.3 Å². The van der Waals surface area contributed by atoms with Gasteiger partial charge in [0.25, 0.3) is 0 Å². The van der Waals surface area contributed by atoms with E-state index in [-0.39, 0.29) is 17.8 Å². The fourth-order valence-electron chi connectivity index (χ4n) is 3.96. The number of halogens is 1. The van der Waals surface area contributed by atoms with Gasteiger partial charge in [-0.15, -0.1) is 0 Å². The van der Waals surface area contributed by atoms with Crippen molar-refractivity contribution < 1.29 is 18.3 Å². The first-order valence-electron chi connectivity index (χ1n) is 10.5. The lowest BCUT2D eigenvalue weighted by atomic mass is 9.98. The minimum atomic E-state index is -0.511. The van der Waals surface area contributed by atoms with Crippen molar-refractivity contribution in [3.8, 4) is 0 Å². The number of hydrogen-bond donors (Lipinski definition) is 1. The zero-order chi connectivity index (χ0) is 22.9. The number of rotatable bonds is 5. The number of aromatic nitrogens is 1. The Hall–Kier alpha value is -4.20. The summed E-state index contributed by atoms with van der Waals surface area (Å²) in [5.74, 6) is -1.20. The van der Waals surface area contributed by atoms with Crippen molar-refractivity contribution in [1.29, 1.82) is 0 Å². The van der Waals surface area contributed by atoms with E-state index in [1.807, 2.05) is 23.2 Å². The van der Waals surface area contributed by atoms with Crippen molar-refractivity contribution in [2.24, 2.45) is 5.10 Å². The van der Waals surface area contributed by atoms with Crippen molar-refractivity contribution in [1.82, 2.24) is 4.98 Å². The monoisotopic (exact) mass is 445 g/mol. The Morgan fingerprint density at radius 2 is 1.91 bits per heavy atom. The molecule has 166 valence electrons. The van der Waals surface area contributed by atoms with E-state index in [1.165, 1.54) is 12.1 Å². The highest BCUT2D eigenvalue weighted by Crippen LogP contribution is 2.37. The molecule has 4 aromatic rings. The minimum absolute atomic E-state index is 0.178. The number of hydrazone groups is 1. The molecule has 1 aliphatic heterocycles. The number of carbonyl (C=O) groups is 1. The lowest BCUT2D eigenvalue weighted by Gasteiger charge is -2.24. The molecule has 8 heteroatoms. The summed E-state index contributed by atoms with van der Waals surface area (Å²) in [7, 11) is 0. The van der Waals surface area contributed by atoms with Gasteiger partial charge in [0.05, 0.1) is 35.1 Å². The SMILES string of the molecule is CCOC(=O)c1ccc(N2N=C(c3ccc4[nH]c(=O)oc4c3)CC2c2ccc(F)cc2)cc1. The molecule has 0 spiro atoms. The molecule has 3 aromatic carbocycles. The van der Waals surface area contributed by atoms with Crippen LogP contribution in [0.15, 0.2) is 81.0 Å². The van der Waals surface area contributed by atoms with Crippen LogP contribution in [0.2, 0.25) is 0 Å². The van der Waals surface area contributed by atoms with E-state index >= 15 is 0 Å². The molecule has 33 heavy (non-hydrogen) atoms. The number of ether oxygens (including phenoxy) is 1. The van der Waals surface area contributed by atoms with Gasteiger partial charge in [-0.3, -0.25) is 9.99 Å². The summed E-state index contributed by atoms with van der Waals surface area (Å²) in [4.78, 5) is 26.2. The van der Waals surface area contributed by atoms with Gasteiger partial charge in [0.2, 0.25) is 0 Å². The summed E-state index contributed by atoms with van der Waals surface area (Å²) < 4.78 is 23.8. The first kappa shape index (κ1) is 20.7. The van der Waals surface area contributed by atoms with Crippen LogP contribution in [-0.4, -0.2) is 23.3 Å². The second kappa shape index (κ2) is 8.38. The van der Waals surface area contributed by atoms with Crippen LogP contribution in [-0.2, 0) is 4.74 Å². The van der Waals surface area contributed by atoms with Gasteiger partial charge < -0.3 is 9.15 Å². The molecule has 1 N–H and O–H groups in total. The zero-order valence-corrected chi connectivity index (χ0v) is 17.7. The van der Waals surface area contributed by atoms with Crippen LogP contribution in [0.1, 0.15) is 40.9 Å². The molecule has 1 aromatic heterocycles. The van der Waals surface area contributed by atoms with Crippen molar-refractivity contribution in [3.05, 3.63) is 99.8 Å². The molecule has 0 fully saturated rings. The smallest absolute Gasteiger partial charge is 0.417 e. The third-order valence-electron chi connectivity index (χ3n) is 5.56. The van der Waals surface area contributed by atoms with E-state index in [2.05, 4.69) is 4.98 Å². The van der Waals surface area contributed by atoms with Crippen molar-refractivity contribution in [2.45, 2.75) is 19.4 Å². The van der Waals surface area contributed by atoms with Gasteiger partial charge in [-0.05, 0) is 61.0 Å². The number of oxazole rings is 1. The summed E-state index contributed by atoms with van der Waals surface area (Å²) in [6.07, 6.45) is 0.561. The second-order valence-electron chi connectivity index (χ2n) is 7.66. The van der Waals surface area contributed by atoms with Gasteiger partial charge >= 0.3 is 11.7 Å². The molecule has 5 rings (SSSR count). The molecule has 2 heterocycles. The standard InChI is InChI=1S/C25H20FN3O4/c1-2-32-24(30)16-5-10-19(11-6-16)29-22(15-3-8-18(26)9-4-15)14-21(28-29)17-7-12-20-23(13-17)33-25(31)27-20/h3-13,22H,2,14H2,1H3,(H,27,31). The van der Waals surface area contributed by atoms with Gasteiger partial charge in [-0.1, -0.05) is 18.2 Å². The number of aromatic amines is 1. The first-order valence-corrected chi connectivity index (χ1v) is 10.5. The van der Waals surface area contributed by atoms with Crippen molar-refractivity contribution in [3.63, 3.8) is 0 Å². The van der Waals surface area contributed by atoms with E-state index < -0.39 is 5.76 Å². The molecular formula is C25H20FN3O4. The van der Waals surface area contributed by atoms with Crippen LogP contribution >= 0.6 is 0 Å². The highest BCUT2D eigenvalue weighted by Gasteiger charge is 2.30. The predicted octanol–water partition coefficient (Wildman–Crippen LogP) is 4.79. The number of benzene rings is 3. The van der Waals surface area contributed by atoms with Gasteiger partial charge in [0.15, 0.2) is 5.58 Å². The molecule has 7 nitrogen and oxygen atoms in total. The summed E-state index contributed by atoms with van der Waals surface area (Å²) in [5.41, 5.74) is 4.82. The van der Waals surface area contributed by atoms with Gasteiger partial charge in [0, 0.05) is 12.0 Å². The van der Waals surface area contributed by atoms with Crippen LogP contribution in [0.25, 0.3) is 11.1 Å². The van der Waals surface area contributed by atoms with Crippen LogP contribution in [0, 0.1) is 5.82 Å². The molecule has 0 saturated heterocycles. The van der Waals surface area contributed by atoms with E-state index in [0.717, 1.165) is 22.5 Å². The third kappa shape index (κ3) is 4.03. The number of fused-ring (bicyclic) bond motifs is 1. The first-order chi connectivity index (χ1) is 16.0. The Morgan fingerprint density at radius 1 is 1.15 bits per heavy atom. The summed E-state index contributed by atoms with van der Waals surface area (Å²) in [5, 5.41) is 6.70. The van der Waals surface area contributed by atoms with Gasteiger partial charge in [-0.2, -0.15) is 5.10 Å². The largest absolute Gasteiger partial charge is 0.462 e. The highest BCUT2D eigenvalue weighted by atomic mass is 19.1. The molecule has 0 amide bonds. The maximum absolute atomic E-state index is 13.5. The summed E-state index contributed by atoms with van der Waals surface area (Å²) >= 11 is 0. The number of nitrogens with one attached hydrogen (secondary N) is 1. The Morgan fingerprint density at radius 3 is 2.64 bits per heavy atom. The number of hydrogen-bond acceptors (Lipinski definition) is 6. The van der Waals surface area contributed by atoms with Gasteiger partial charge in [0.1, 0.15) is 5.82 Å². The number of carbonyl (C=O) groups excluding carboxylic acids is 1. The second-order valence-corrected chi connectivity index (χ2v) is 7.66. The Bertz CT molecular complexity index is 1400. The predicted molar refractivity (Wildman–Crippen MR) is 122 cm³/mol. The van der Waals surface area contributed by atoms with Crippen LogP contribution in [0.5, 0.6) is 0 Å². The quantitative estimate of drug-likeness (QED) is 0.446. The molecule has 1 unspecified atom stereocenters. The van der Waals surface area contributed by atoms with E-state index in [4.69, 9.17) is 14.3 Å². The lowest BCUT2D eigenvalue weighted by molar-refractivity contribution is 0.0526. The third-order valence-corrected chi connectivity index (χ3v) is 5.56. The fourth-order valence-corrected chi connectivity index (χ4v) is 3.96. The molecule has 0 aliphatic carbocycles. The minimum Gasteiger partial charge on any atom is -0.462 e. The number of anilines is 1. The molecule has 1 atom stereocenters. The van der Waals surface area contributed by atoms with Crippen molar-refractivity contribution in [2.75, 3.05) is 11.6 Å². The van der Waals surface area contributed by atoms with E-state index in [0.29, 0.717) is 29.7 Å². The van der Waals surface area contributed by atoms with Crippen LogP contribution in [0.4, 0.5) is 10.1 Å². The molecular weight excluding hydrogens is 425 g/mol. The Balaban J connectivity index is 1.53.